The van der Waals surface area contributed by atoms with Crippen LogP contribution in [-0.2, 0) is 19.5 Å². The number of aromatic nitrogens is 2. The Morgan fingerprint density at radius 1 is 1.33 bits per heavy atom. The topological polar surface area (TPSA) is 59.3 Å². The maximum atomic E-state index is 10.4. The lowest BCUT2D eigenvalue weighted by Gasteiger charge is -2.20. The highest BCUT2D eigenvalue weighted by Gasteiger charge is 2.32. The van der Waals surface area contributed by atoms with Gasteiger partial charge in [0.05, 0.1) is 19.0 Å². The largest absolute Gasteiger partial charge is 0.493 e. The number of hydrogen-bond donors (Lipinski definition) is 2. The second kappa shape index (κ2) is 6.95. The van der Waals surface area contributed by atoms with E-state index in [1.807, 2.05) is 12.5 Å². The first-order chi connectivity index (χ1) is 11.8. The van der Waals surface area contributed by atoms with E-state index >= 15 is 0 Å². The summed E-state index contributed by atoms with van der Waals surface area (Å²) in [6, 6.07) is 6.62. The summed E-state index contributed by atoms with van der Waals surface area (Å²) in [6.07, 6.45) is 9.44. The first kappa shape index (κ1) is 15.7. The van der Waals surface area contributed by atoms with Crippen LogP contribution in [0.4, 0.5) is 0 Å². The number of ether oxygens (including phenoxy) is 1. The maximum absolute atomic E-state index is 10.4. The van der Waals surface area contributed by atoms with Crippen molar-refractivity contribution in [3.63, 3.8) is 0 Å². The molecule has 4 rings (SSSR count). The van der Waals surface area contributed by atoms with E-state index in [1.54, 1.807) is 6.20 Å². The van der Waals surface area contributed by atoms with Gasteiger partial charge in [-0.05, 0) is 48.8 Å². The SMILES string of the molecule is O[C@@H]1CC(Cn2ccnc2)C[C@H]1NCc1ccc2c(c1)CCCO2. The van der Waals surface area contributed by atoms with Crippen LogP contribution in [-0.4, -0.2) is 33.4 Å². The zero-order chi connectivity index (χ0) is 16.4. The summed E-state index contributed by atoms with van der Waals surface area (Å²) in [5.41, 5.74) is 2.58. The molecular formula is C19H25N3O2. The minimum absolute atomic E-state index is 0.172. The predicted octanol–water partition coefficient (Wildman–Crippen LogP) is 2.14. The first-order valence-corrected chi connectivity index (χ1v) is 8.90. The number of fused-ring (bicyclic) bond motifs is 1. The average Bonchev–Trinajstić information content (AvgIpc) is 3.23. The third-order valence-electron chi connectivity index (χ3n) is 5.20. The number of imidazole rings is 1. The molecule has 2 aliphatic rings. The van der Waals surface area contributed by atoms with Gasteiger partial charge in [-0.1, -0.05) is 12.1 Å². The summed E-state index contributed by atoms with van der Waals surface area (Å²) < 4.78 is 7.77. The molecule has 1 fully saturated rings. The van der Waals surface area contributed by atoms with Crippen LogP contribution < -0.4 is 10.1 Å². The van der Waals surface area contributed by atoms with Crippen LogP contribution >= 0.6 is 0 Å². The number of aryl methyl sites for hydroxylation is 1. The lowest BCUT2D eigenvalue weighted by Crippen LogP contribution is -2.35. The molecule has 0 amide bonds. The number of rotatable bonds is 5. The molecular weight excluding hydrogens is 302 g/mol. The Bertz CT molecular complexity index is 671. The van der Waals surface area contributed by atoms with Crippen molar-refractivity contribution in [2.75, 3.05) is 6.61 Å². The molecule has 2 N–H and O–H groups in total. The highest BCUT2D eigenvalue weighted by atomic mass is 16.5. The van der Waals surface area contributed by atoms with Gasteiger partial charge in [0, 0.05) is 31.5 Å². The third-order valence-corrected chi connectivity index (χ3v) is 5.20. The lowest BCUT2D eigenvalue weighted by atomic mass is 10.0. The normalized spacial score (nSPS) is 26.1. The van der Waals surface area contributed by atoms with Crippen molar-refractivity contribution >= 4 is 0 Å². The predicted molar refractivity (Wildman–Crippen MR) is 91.8 cm³/mol. The van der Waals surface area contributed by atoms with Crippen LogP contribution in [0.25, 0.3) is 0 Å². The van der Waals surface area contributed by atoms with Crippen LogP contribution in [0.5, 0.6) is 5.75 Å². The second-order valence-corrected chi connectivity index (χ2v) is 7.05. The molecule has 2 aromatic rings. The van der Waals surface area contributed by atoms with Crippen molar-refractivity contribution < 1.29 is 9.84 Å². The van der Waals surface area contributed by atoms with Crippen LogP contribution in [0.1, 0.15) is 30.4 Å². The number of benzene rings is 1. The molecule has 1 unspecified atom stereocenters. The Labute approximate surface area is 142 Å². The Morgan fingerprint density at radius 3 is 3.17 bits per heavy atom. The Balaban J connectivity index is 1.32. The molecule has 3 atom stereocenters. The van der Waals surface area contributed by atoms with Gasteiger partial charge in [-0.25, -0.2) is 4.98 Å². The molecule has 0 saturated heterocycles. The third kappa shape index (κ3) is 3.47. The highest BCUT2D eigenvalue weighted by Crippen LogP contribution is 2.29. The molecule has 1 aliphatic carbocycles. The number of nitrogens with zero attached hydrogens (tertiary/aromatic N) is 2. The minimum atomic E-state index is -0.264. The summed E-state index contributed by atoms with van der Waals surface area (Å²) in [5.74, 6) is 1.54. The standard InChI is InChI=1S/C19H25N3O2/c23-18-10-15(12-22-6-5-20-13-22)9-17(18)21-11-14-3-4-19-16(8-14)2-1-7-24-19/h3-6,8,13,15,17-18,21,23H,1-2,7,9-12H2/t15?,17-,18-/m1/s1. The van der Waals surface area contributed by atoms with E-state index in [0.717, 1.165) is 51.1 Å². The lowest BCUT2D eigenvalue weighted by molar-refractivity contribution is 0.145. The van der Waals surface area contributed by atoms with Gasteiger partial charge in [-0.2, -0.15) is 0 Å². The monoisotopic (exact) mass is 327 g/mol. The molecule has 24 heavy (non-hydrogen) atoms. The average molecular weight is 327 g/mol. The minimum Gasteiger partial charge on any atom is -0.493 e. The van der Waals surface area contributed by atoms with E-state index in [9.17, 15) is 5.11 Å². The molecule has 1 aliphatic heterocycles. The Morgan fingerprint density at radius 2 is 2.29 bits per heavy atom. The summed E-state index contributed by atoms with van der Waals surface area (Å²) in [4.78, 5) is 4.09. The van der Waals surface area contributed by atoms with E-state index in [2.05, 4.69) is 33.1 Å². The molecule has 5 nitrogen and oxygen atoms in total. The Kier molecular flexibility index (Phi) is 4.54. The molecule has 1 aromatic heterocycles. The van der Waals surface area contributed by atoms with Crippen molar-refractivity contribution in [1.29, 1.82) is 0 Å². The summed E-state index contributed by atoms with van der Waals surface area (Å²) >= 11 is 0. The van der Waals surface area contributed by atoms with Gasteiger partial charge >= 0.3 is 0 Å². The van der Waals surface area contributed by atoms with Crippen molar-refractivity contribution in [1.82, 2.24) is 14.9 Å². The zero-order valence-corrected chi connectivity index (χ0v) is 13.9. The number of aliphatic hydroxyl groups excluding tert-OH is 1. The van der Waals surface area contributed by atoms with E-state index in [-0.39, 0.29) is 12.1 Å². The molecule has 2 heterocycles. The van der Waals surface area contributed by atoms with Crippen LogP contribution in [0.15, 0.2) is 36.9 Å². The number of hydrogen-bond acceptors (Lipinski definition) is 4. The number of aliphatic hydroxyl groups is 1. The number of nitrogens with one attached hydrogen (secondary N) is 1. The fourth-order valence-electron chi connectivity index (χ4n) is 3.95. The van der Waals surface area contributed by atoms with Crippen molar-refractivity contribution in [2.24, 2.45) is 5.92 Å². The fourth-order valence-corrected chi connectivity index (χ4v) is 3.95. The van der Waals surface area contributed by atoms with Gasteiger partial charge in [-0.15, -0.1) is 0 Å². The summed E-state index contributed by atoms with van der Waals surface area (Å²) in [5, 5.41) is 13.9. The fraction of sp³-hybridized carbons (Fsp3) is 0.526. The molecule has 0 spiro atoms. The van der Waals surface area contributed by atoms with Gasteiger partial charge in [0.25, 0.3) is 0 Å². The molecule has 0 radical (unpaired) electrons. The van der Waals surface area contributed by atoms with E-state index < -0.39 is 0 Å². The molecule has 0 bridgehead atoms. The van der Waals surface area contributed by atoms with Crippen molar-refractivity contribution in [3.8, 4) is 5.75 Å². The van der Waals surface area contributed by atoms with Crippen molar-refractivity contribution in [2.45, 2.75) is 50.9 Å². The van der Waals surface area contributed by atoms with Gasteiger partial charge in [0.1, 0.15) is 5.75 Å². The summed E-state index contributed by atoms with van der Waals surface area (Å²) in [6.45, 7) is 2.56. The van der Waals surface area contributed by atoms with Crippen LogP contribution in [0.2, 0.25) is 0 Å². The van der Waals surface area contributed by atoms with Gasteiger partial charge in [-0.3, -0.25) is 0 Å². The molecule has 5 heteroatoms. The Hall–Kier alpha value is -1.85. The van der Waals surface area contributed by atoms with E-state index in [1.165, 1.54) is 11.1 Å². The molecule has 1 aromatic carbocycles. The molecule has 1 saturated carbocycles. The molecule has 128 valence electrons. The van der Waals surface area contributed by atoms with Crippen LogP contribution in [0, 0.1) is 5.92 Å². The smallest absolute Gasteiger partial charge is 0.122 e. The van der Waals surface area contributed by atoms with Crippen LogP contribution in [0.3, 0.4) is 0 Å². The zero-order valence-electron chi connectivity index (χ0n) is 13.9. The van der Waals surface area contributed by atoms with Gasteiger partial charge < -0.3 is 19.7 Å². The van der Waals surface area contributed by atoms with Gasteiger partial charge in [0.2, 0.25) is 0 Å². The van der Waals surface area contributed by atoms with E-state index in [0.29, 0.717) is 5.92 Å². The first-order valence-electron chi connectivity index (χ1n) is 8.90. The quantitative estimate of drug-likeness (QED) is 0.883. The summed E-state index contributed by atoms with van der Waals surface area (Å²) in [7, 11) is 0. The van der Waals surface area contributed by atoms with Gasteiger partial charge in [0.15, 0.2) is 0 Å². The second-order valence-electron chi connectivity index (χ2n) is 7.05. The van der Waals surface area contributed by atoms with E-state index in [4.69, 9.17) is 4.74 Å². The maximum Gasteiger partial charge on any atom is 0.122 e. The highest BCUT2D eigenvalue weighted by molar-refractivity contribution is 5.38. The van der Waals surface area contributed by atoms with Crippen molar-refractivity contribution in [3.05, 3.63) is 48.0 Å².